The number of sulfonamides is 1. The summed E-state index contributed by atoms with van der Waals surface area (Å²) in [6, 6.07) is 20.4. The van der Waals surface area contributed by atoms with Crippen LogP contribution in [0.25, 0.3) is 0 Å². The number of hydrogen-bond donors (Lipinski definition) is 1. The van der Waals surface area contributed by atoms with Crippen LogP contribution in [-0.4, -0.2) is 24.7 Å². The van der Waals surface area contributed by atoms with E-state index in [0.29, 0.717) is 24.4 Å². The molecule has 3 rings (SSSR count). The molecule has 0 radical (unpaired) electrons. The lowest BCUT2D eigenvalue weighted by atomic mass is 9.89. The minimum atomic E-state index is -3.59. The van der Waals surface area contributed by atoms with E-state index in [2.05, 4.69) is 34.1 Å². The largest absolute Gasteiger partial charge is 0.271 e. The topological polar surface area (TPSA) is 64.0 Å². The smallest absolute Gasteiger partial charge is 0.244 e. The zero-order chi connectivity index (χ0) is 19.4. The number of nitrogens with one attached hydrogen (secondary N) is 1. The van der Waals surface area contributed by atoms with Crippen molar-refractivity contribution in [2.24, 2.45) is 7.05 Å². The fourth-order valence-corrected chi connectivity index (χ4v) is 4.93. The van der Waals surface area contributed by atoms with Gasteiger partial charge in [-0.15, -0.1) is 0 Å². The molecule has 0 amide bonds. The summed E-state index contributed by atoms with van der Waals surface area (Å²) in [5, 5.41) is 4.21. The maximum Gasteiger partial charge on any atom is 0.244 e. The van der Waals surface area contributed by atoms with Crippen LogP contribution in [-0.2, 0) is 17.1 Å². The summed E-state index contributed by atoms with van der Waals surface area (Å²) in [6.45, 7) is 3.84. The normalized spacial score (nSPS) is 11.9. The predicted octanol–water partition coefficient (Wildman–Crippen LogP) is 3.54. The molecule has 2 aromatic carbocycles. The van der Waals surface area contributed by atoms with E-state index >= 15 is 0 Å². The van der Waals surface area contributed by atoms with E-state index < -0.39 is 10.0 Å². The monoisotopic (exact) mass is 383 g/mol. The predicted molar refractivity (Wildman–Crippen MR) is 107 cm³/mol. The van der Waals surface area contributed by atoms with Gasteiger partial charge in [-0.3, -0.25) is 4.68 Å². The summed E-state index contributed by atoms with van der Waals surface area (Å²) in [6.07, 6.45) is 0.672. The van der Waals surface area contributed by atoms with Crippen molar-refractivity contribution in [2.75, 3.05) is 6.54 Å². The molecule has 0 atom stereocenters. The Kier molecular flexibility index (Phi) is 5.77. The molecule has 1 N–H and O–H groups in total. The van der Waals surface area contributed by atoms with Crippen molar-refractivity contribution in [2.45, 2.75) is 31.1 Å². The minimum Gasteiger partial charge on any atom is -0.271 e. The van der Waals surface area contributed by atoms with E-state index in [0.717, 1.165) is 0 Å². The highest BCUT2D eigenvalue weighted by Crippen LogP contribution is 2.27. The highest BCUT2D eigenvalue weighted by molar-refractivity contribution is 7.89. The van der Waals surface area contributed by atoms with Crippen LogP contribution in [0, 0.1) is 13.8 Å². The van der Waals surface area contributed by atoms with Crippen molar-refractivity contribution in [1.82, 2.24) is 14.5 Å². The second-order valence-electron chi connectivity index (χ2n) is 6.68. The van der Waals surface area contributed by atoms with Crippen LogP contribution >= 0.6 is 0 Å². The van der Waals surface area contributed by atoms with Gasteiger partial charge in [-0.05, 0) is 31.4 Å². The molecule has 3 aromatic rings. The summed E-state index contributed by atoms with van der Waals surface area (Å²) in [7, 11) is -1.84. The maximum absolute atomic E-state index is 12.8. The summed E-state index contributed by atoms with van der Waals surface area (Å²) >= 11 is 0. The Hall–Kier alpha value is -2.44. The van der Waals surface area contributed by atoms with Gasteiger partial charge in [0.15, 0.2) is 0 Å². The Morgan fingerprint density at radius 1 is 0.963 bits per heavy atom. The average Bonchev–Trinajstić information content (AvgIpc) is 2.92. The Morgan fingerprint density at radius 3 is 1.93 bits per heavy atom. The standard InChI is InChI=1S/C21H25N3O2S/c1-16-21(17(2)24(3)23-16)27(25,26)22-15-14-20(18-10-6-4-7-11-18)19-12-8-5-9-13-19/h4-13,20,22H,14-15H2,1-3H3. The highest BCUT2D eigenvalue weighted by atomic mass is 32.2. The van der Waals surface area contributed by atoms with Gasteiger partial charge < -0.3 is 0 Å². The summed E-state index contributed by atoms with van der Waals surface area (Å²) in [5.74, 6) is 0.131. The van der Waals surface area contributed by atoms with Crippen molar-refractivity contribution in [3.05, 3.63) is 83.2 Å². The average molecular weight is 384 g/mol. The Balaban J connectivity index is 1.78. The van der Waals surface area contributed by atoms with Crippen molar-refractivity contribution in [1.29, 1.82) is 0 Å². The fraction of sp³-hybridized carbons (Fsp3) is 0.286. The molecule has 142 valence electrons. The van der Waals surface area contributed by atoms with Crippen molar-refractivity contribution in [3.63, 3.8) is 0 Å². The molecule has 0 bridgehead atoms. The highest BCUT2D eigenvalue weighted by Gasteiger charge is 2.24. The molecule has 0 saturated carbocycles. The Bertz CT molecular complexity index is 957. The first-order valence-corrected chi connectivity index (χ1v) is 10.5. The maximum atomic E-state index is 12.8. The van der Waals surface area contributed by atoms with E-state index in [1.807, 2.05) is 36.4 Å². The van der Waals surface area contributed by atoms with Gasteiger partial charge in [0.2, 0.25) is 10.0 Å². The molecule has 1 heterocycles. The van der Waals surface area contributed by atoms with E-state index in [1.54, 1.807) is 25.6 Å². The first-order chi connectivity index (χ1) is 12.9. The first-order valence-electron chi connectivity index (χ1n) is 9.00. The lowest BCUT2D eigenvalue weighted by Gasteiger charge is -2.18. The van der Waals surface area contributed by atoms with Gasteiger partial charge in [-0.25, -0.2) is 13.1 Å². The van der Waals surface area contributed by atoms with E-state index in [4.69, 9.17) is 0 Å². The second-order valence-corrected chi connectivity index (χ2v) is 8.39. The van der Waals surface area contributed by atoms with E-state index in [9.17, 15) is 8.42 Å². The summed E-state index contributed by atoms with van der Waals surface area (Å²) in [4.78, 5) is 0.279. The molecular weight excluding hydrogens is 358 g/mol. The fourth-order valence-electron chi connectivity index (χ4n) is 3.45. The zero-order valence-electron chi connectivity index (χ0n) is 15.9. The third-order valence-electron chi connectivity index (χ3n) is 4.84. The first kappa shape index (κ1) is 19.3. The van der Waals surface area contributed by atoms with Crippen LogP contribution in [0.3, 0.4) is 0 Å². The van der Waals surface area contributed by atoms with Crippen LogP contribution in [0.15, 0.2) is 65.6 Å². The number of nitrogens with zero attached hydrogens (tertiary/aromatic N) is 2. The molecule has 0 spiro atoms. The summed E-state index contributed by atoms with van der Waals surface area (Å²) in [5.41, 5.74) is 3.51. The molecule has 0 unspecified atom stereocenters. The van der Waals surface area contributed by atoms with Gasteiger partial charge in [-0.2, -0.15) is 5.10 Å². The lowest BCUT2D eigenvalue weighted by molar-refractivity contribution is 0.573. The van der Waals surface area contributed by atoms with Crippen molar-refractivity contribution < 1.29 is 8.42 Å². The number of hydrogen-bond acceptors (Lipinski definition) is 3. The van der Waals surface area contributed by atoms with Gasteiger partial charge in [0.25, 0.3) is 0 Å². The molecule has 0 saturated heterocycles. The second kappa shape index (κ2) is 8.06. The van der Waals surface area contributed by atoms with Crippen LogP contribution in [0.4, 0.5) is 0 Å². The third kappa shape index (κ3) is 4.28. The number of rotatable bonds is 7. The van der Waals surface area contributed by atoms with Gasteiger partial charge in [0.1, 0.15) is 4.90 Å². The zero-order valence-corrected chi connectivity index (χ0v) is 16.7. The number of aryl methyl sites for hydroxylation is 2. The Morgan fingerprint density at radius 2 is 1.48 bits per heavy atom. The molecular formula is C21H25N3O2S. The summed E-state index contributed by atoms with van der Waals surface area (Å²) < 4.78 is 29.9. The molecule has 0 aliphatic rings. The SMILES string of the molecule is Cc1nn(C)c(C)c1S(=O)(=O)NCCC(c1ccccc1)c1ccccc1. The number of aromatic nitrogens is 2. The van der Waals surface area contributed by atoms with Gasteiger partial charge in [-0.1, -0.05) is 60.7 Å². The van der Waals surface area contributed by atoms with Crippen LogP contribution < -0.4 is 4.72 Å². The quantitative estimate of drug-likeness (QED) is 0.679. The molecule has 0 aliphatic heterocycles. The van der Waals surface area contributed by atoms with Crippen molar-refractivity contribution >= 4 is 10.0 Å². The molecule has 0 fully saturated rings. The minimum absolute atomic E-state index is 0.131. The van der Waals surface area contributed by atoms with E-state index in [1.165, 1.54) is 11.1 Å². The molecule has 5 nitrogen and oxygen atoms in total. The van der Waals surface area contributed by atoms with E-state index in [-0.39, 0.29) is 10.8 Å². The van der Waals surface area contributed by atoms with Crippen molar-refractivity contribution in [3.8, 4) is 0 Å². The Labute approximate surface area is 161 Å². The van der Waals surface area contributed by atoms with Crippen LogP contribution in [0.5, 0.6) is 0 Å². The molecule has 6 heteroatoms. The van der Waals surface area contributed by atoms with Gasteiger partial charge >= 0.3 is 0 Å². The molecule has 1 aromatic heterocycles. The number of benzene rings is 2. The van der Waals surface area contributed by atoms with Crippen LogP contribution in [0.2, 0.25) is 0 Å². The molecule has 27 heavy (non-hydrogen) atoms. The van der Waals surface area contributed by atoms with Crippen LogP contribution in [0.1, 0.15) is 34.9 Å². The van der Waals surface area contributed by atoms with Gasteiger partial charge in [0.05, 0.1) is 11.4 Å². The van der Waals surface area contributed by atoms with Gasteiger partial charge in [0, 0.05) is 19.5 Å². The lowest BCUT2D eigenvalue weighted by Crippen LogP contribution is -2.27. The third-order valence-corrected chi connectivity index (χ3v) is 6.55. The molecule has 0 aliphatic carbocycles.